The van der Waals surface area contributed by atoms with E-state index in [0.29, 0.717) is 0 Å². The number of nitrogens with one attached hydrogen (secondary N) is 1. The van der Waals surface area contributed by atoms with Crippen molar-refractivity contribution in [3.05, 3.63) is 0 Å². The molecule has 0 aromatic heterocycles. The van der Waals surface area contributed by atoms with Crippen LogP contribution in [0.1, 0.15) is 13.3 Å². The summed E-state index contributed by atoms with van der Waals surface area (Å²) in [5, 5.41) is 11.0. The zero-order chi connectivity index (χ0) is 15.7. The Morgan fingerprint density at radius 2 is 1.55 bits per heavy atom. The van der Waals surface area contributed by atoms with E-state index in [1.807, 2.05) is 0 Å². The fraction of sp³-hybridized carbons (Fsp3) is 0.636. The first-order valence-corrected chi connectivity index (χ1v) is 5.77. The second-order valence-electron chi connectivity index (χ2n) is 3.76. The van der Waals surface area contributed by atoms with Crippen molar-refractivity contribution < 1.29 is 33.8 Å². The third-order valence-electron chi connectivity index (χ3n) is 2.39. The van der Waals surface area contributed by atoms with Gasteiger partial charge in [0.05, 0.1) is 14.2 Å². The normalized spacial score (nSPS) is 11.2. The van der Waals surface area contributed by atoms with Crippen LogP contribution in [0.25, 0.3) is 0 Å². The summed E-state index contributed by atoms with van der Waals surface area (Å²) >= 11 is 0. The minimum absolute atomic E-state index is 0.158. The Balaban J connectivity index is 4.81. The highest BCUT2D eigenvalue weighted by Crippen LogP contribution is 1.97. The van der Waals surface area contributed by atoms with E-state index in [4.69, 9.17) is 5.11 Å². The molecule has 0 radical (unpaired) electrons. The second kappa shape index (κ2) is 8.73. The van der Waals surface area contributed by atoms with Gasteiger partial charge in [-0.15, -0.1) is 0 Å². The molecule has 0 aromatic carbocycles. The molecule has 0 aliphatic carbocycles. The number of ether oxygens (including phenoxy) is 2. The number of hydrogen-bond acceptors (Lipinski definition) is 6. The summed E-state index contributed by atoms with van der Waals surface area (Å²) in [4.78, 5) is 45.8. The Bertz CT molecular complexity index is 365. The fourth-order valence-corrected chi connectivity index (χ4v) is 1.22. The molecule has 0 aliphatic heterocycles. The zero-order valence-corrected chi connectivity index (χ0v) is 11.5. The number of carboxylic acids is 1. The van der Waals surface area contributed by atoms with Gasteiger partial charge in [-0.05, 0) is 6.42 Å². The van der Waals surface area contributed by atoms with E-state index in [1.54, 1.807) is 6.92 Å². The molecule has 2 N–H and O–H groups in total. The van der Waals surface area contributed by atoms with Crippen LogP contribution in [0.2, 0.25) is 0 Å². The number of amides is 2. The summed E-state index contributed by atoms with van der Waals surface area (Å²) in [5.74, 6) is -2.70. The molecular formula is C11H18N2O7. The lowest BCUT2D eigenvalue weighted by Gasteiger charge is -2.22. The summed E-state index contributed by atoms with van der Waals surface area (Å²) in [6, 6.07) is -1.98. The minimum atomic E-state index is -1.21. The van der Waals surface area contributed by atoms with E-state index < -0.39 is 43.1 Å². The third-order valence-corrected chi connectivity index (χ3v) is 2.39. The molecule has 0 aliphatic rings. The molecule has 114 valence electrons. The van der Waals surface area contributed by atoms with Crippen molar-refractivity contribution in [2.75, 3.05) is 27.3 Å². The highest BCUT2D eigenvalue weighted by molar-refractivity contribution is 5.87. The number of nitrogens with zero attached hydrogens (tertiary/aromatic N) is 1. The van der Waals surface area contributed by atoms with Crippen molar-refractivity contribution in [1.29, 1.82) is 0 Å². The maximum atomic E-state index is 11.9. The van der Waals surface area contributed by atoms with Gasteiger partial charge in [0.15, 0.2) is 0 Å². The highest BCUT2D eigenvalue weighted by atomic mass is 16.5. The molecule has 20 heavy (non-hydrogen) atoms. The molecular weight excluding hydrogens is 272 g/mol. The van der Waals surface area contributed by atoms with Crippen LogP contribution in [-0.2, 0) is 23.9 Å². The molecule has 0 aromatic rings. The Morgan fingerprint density at radius 3 is 1.85 bits per heavy atom. The van der Waals surface area contributed by atoms with Gasteiger partial charge in [0, 0.05) is 0 Å². The molecule has 1 atom stereocenters. The van der Waals surface area contributed by atoms with Crippen LogP contribution >= 0.6 is 0 Å². The number of methoxy groups -OCH3 is 2. The Morgan fingerprint density at radius 1 is 1.10 bits per heavy atom. The van der Waals surface area contributed by atoms with E-state index in [2.05, 4.69) is 14.8 Å². The Hall–Kier alpha value is -2.32. The lowest BCUT2D eigenvalue weighted by molar-refractivity contribution is -0.144. The molecule has 0 saturated heterocycles. The summed E-state index contributed by atoms with van der Waals surface area (Å²) in [6.45, 7) is 0.588. The smallest absolute Gasteiger partial charge is 0.326 e. The van der Waals surface area contributed by atoms with Crippen molar-refractivity contribution in [2.24, 2.45) is 0 Å². The van der Waals surface area contributed by atoms with Crippen LogP contribution in [0.3, 0.4) is 0 Å². The van der Waals surface area contributed by atoms with Gasteiger partial charge in [0.2, 0.25) is 0 Å². The minimum Gasteiger partial charge on any atom is -0.480 e. The van der Waals surface area contributed by atoms with E-state index in [9.17, 15) is 19.2 Å². The molecule has 9 nitrogen and oxygen atoms in total. The molecule has 0 saturated carbocycles. The van der Waals surface area contributed by atoms with Gasteiger partial charge < -0.3 is 24.8 Å². The van der Waals surface area contributed by atoms with Gasteiger partial charge in [-0.1, -0.05) is 6.92 Å². The Labute approximate surface area is 115 Å². The predicted molar refractivity (Wildman–Crippen MR) is 65.9 cm³/mol. The number of carboxylic acid groups (broad SMARTS) is 1. The van der Waals surface area contributed by atoms with Crippen molar-refractivity contribution in [1.82, 2.24) is 10.2 Å². The van der Waals surface area contributed by atoms with Crippen LogP contribution < -0.4 is 5.32 Å². The number of rotatable bonds is 7. The summed E-state index contributed by atoms with van der Waals surface area (Å²) < 4.78 is 8.79. The lowest BCUT2D eigenvalue weighted by Crippen LogP contribution is -2.50. The van der Waals surface area contributed by atoms with Crippen molar-refractivity contribution in [3.8, 4) is 0 Å². The summed E-state index contributed by atoms with van der Waals surface area (Å²) in [5.41, 5.74) is 0. The monoisotopic (exact) mass is 290 g/mol. The Kier molecular flexibility index (Phi) is 7.71. The quantitative estimate of drug-likeness (QED) is 0.589. The van der Waals surface area contributed by atoms with Crippen molar-refractivity contribution >= 4 is 23.9 Å². The van der Waals surface area contributed by atoms with Crippen LogP contribution in [0, 0.1) is 0 Å². The van der Waals surface area contributed by atoms with Gasteiger partial charge in [-0.3, -0.25) is 9.59 Å². The van der Waals surface area contributed by atoms with Crippen LogP contribution in [0.4, 0.5) is 4.79 Å². The molecule has 0 fully saturated rings. The van der Waals surface area contributed by atoms with Gasteiger partial charge >= 0.3 is 23.9 Å². The predicted octanol–water partition coefficient (Wildman–Crippen LogP) is -0.793. The van der Waals surface area contributed by atoms with Crippen molar-refractivity contribution in [2.45, 2.75) is 19.4 Å². The first-order valence-electron chi connectivity index (χ1n) is 5.77. The summed E-state index contributed by atoms with van der Waals surface area (Å²) in [7, 11) is 2.26. The van der Waals surface area contributed by atoms with E-state index in [0.717, 1.165) is 19.1 Å². The fourth-order valence-electron chi connectivity index (χ4n) is 1.22. The van der Waals surface area contributed by atoms with E-state index in [-0.39, 0.29) is 6.42 Å². The maximum absolute atomic E-state index is 11.9. The van der Waals surface area contributed by atoms with Gasteiger partial charge in [-0.2, -0.15) is 0 Å². The number of aliphatic carboxylic acids is 1. The third kappa shape index (κ3) is 6.03. The first kappa shape index (κ1) is 17.7. The number of hydrogen-bond donors (Lipinski definition) is 2. The van der Waals surface area contributed by atoms with Crippen LogP contribution in [0.15, 0.2) is 0 Å². The topological polar surface area (TPSA) is 122 Å². The number of urea groups is 1. The average molecular weight is 290 g/mol. The molecule has 1 unspecified atom stereocenters. The zero-order valence-electron chi connectivity index (χ0n) is 11.5. The molecule has 2 amide bonds. The number of carbonyl (C=O) groups is 4. The maximum Gasteiger partial charge on any atom is 0.326 e. The molecule has 9 heteroatoms. The first-order chi connectivity index (χ1) is 9.35. The van der Waals surface area contributed by atoms with Gasteiger partial charge in [0.25, 0.3) is 0 Å². The SMILES string of the molecule is CCC(NC(=O)N(CC(=O)OC)CC(=O)OC)C(=O)O. The van der Waals surface area contributed by atoms with Gasteiger partial charge in [-0.25, -0.2) is 9.59 Å². The number of esters is 2. The van der Waals surface area contributed by atoms with E-state index in [1.165, 1.54) is 0 Å². The van der Waals surface area contributed by atoms with Gasteiger partial charge in [0.1, 0.15) is 19.1 Å². The van der Waals surface area contributed by atoms with Crippen LogP contribution in [-0.4, -0.2) is 67.3 Å². The highest BCUT2D eigenvalue weighted by Gasteiger charge is 2.25. The molecule has 0 bridgehead atoms. The van der Waals surface area contributed by atoms with Crippen molar-refractivity contribution in [3.63, 3.8) is 0 Å². The number of carbonyl (C=O) groups excluding carboxylic acids is 3. The second-order valence-corrected chi connectivity index (χ2v) is 3.76. The average Bonchev–Trinajstić information content (AvgIpc) is 2.42. The summed E-state index contributed by atoms with van der Waals surface area (Å²) in [6.07, 6.45) is 0.158. The van der Waals surface area contributed by atoms with Crippen LogP contribution in [0.5, 0.6) is 0 Å². The lowest BCUT2D eigenvalue weighted by atomic mass is 10.2. The molecule has 0 spiro atoms. The standard InChI is InChI=1S/C11H18N2O7/c1-4-7(10(16)17)12-11(18)13(5-8(14)19-2)6-9(15)20-3/h7H,4-6H2,1-3H3,(H,12,18)(H,16,17). The van der Waals surface area contributed by atoms with E-state index >= 15 is 0 Å². The largest absolute Gasteiger partial charge is 0.480 e. The molecule has 0 rings (SSSR count). The molecule has 0 heterocycles.